The van der Waals surface area contributed by atoms with Gasteiger partial charge in [0.2, 0.25) is 0 Å². The number of nitrogens with one attached hydrogen (secondary N) is 3. The third kappa shape index (κ3) is 7.45. The lowest BCUT2D eigenvalue weighted by Gasteiger charge is -2.08. The Bertz CT molecular complexity index is 1200. The number of amides is 2. The van der Waals surface area contributed by atoms with Crippen LogP contribution in [0.1, 0.15) is 13.8 Å². The van der Waals surface area contributed by atoms with Crippen molar-refractivity contribution < 1.29 is 24.2 Å². The number of carbonyl (C=O) groups is 2. The molecule has 0 aliphatic rings. The number of aliphatic hydroxyl groups excluding tert-OH is 1. The zero-order valence-electron chi connectivity index (χ0n) is 18.9. The Morgan fingerprint density at radius 3 is 2.53 bits per heavy atom. The van der Waals surface area contributed by atoms with Crippen LogP contribution in [0.3, 0.4) is 0 Å². The summed E-state index contributed by atoms with van der Waals surface area (Å²) >= 11 is 1.02. The lowest BCUT2D eigenvalue weighted by atomic mass is 10.3. The van der Waals surface area contributed by atoms with Crippen LogP contribution in [0.5, 0.6) is 0 Å². The van der Waals surface area contributed by atoms with Crippen molar-refractivity contribution in [2.75, 3.05) is 43.6 Å². The first-order chi connectivity index (χ1) is 16.4. The first kappa shape index (κ1) is 26.6. The number of urea groups is 1. The summed E-state index contributed by atoms with van der Waals surface area (Å²) in [6, 6.07) is 8.25. The summed E-state index contributed by atoms with van der Waals surface area (Å²) in [5.41, 5.74) is 0.688. The van der Waals surface area contributed by atoms with E-state index in [1.165, 1.54) is 10.8 Å². The molecular formula is C22H27N5O6S. The summed E-state index contributed by atoms with van der Waals surface area (Å²) in [7, 11) is 0. The molecule has 182 valence electrons. The van der Waals surface area contributed by atoms with Gasteiger partial charge in [0.1, 0.15) is 15.3 Å². The van der Waals surface area contributed by atoms with E-state index in [1.807, 2.05) is 6.07 Å². The van der Waals surface area contributed by atoms with E-state index in [0.29, 0.717) is 35.6 Å². The second-order valence-electron chi connectivity index (χ2n) is 6.61. The normalized spacial score (nSPS) is 12.0. The minimum absolute atomic E-state index is 0.0701. The van der Waals surface area contributed by atoms with Crippen molar-refractivity contribution in [3.63, 3.8) is 0 Å². The molecule has 0 fully saturated rings. The van der Waals surface area contributed by atoms with Gasteiger partial charge in [0.15, 0.2) is 5.57 Å². The maximum atomic E-state index is 12.7. The van der Waals surface area contributed by atoms with E-state index in [9.17, 15) is 19.6 Å². The van der Waals surface area contributed by atoms with Gasteiger partial charge in [-0.25, -0.2) is 9.59 Å². The first-order valence-corrected chi connectivity index (χ1v) is 11.4. The minimum Gasteiger partial charge on any atom is -0.462 e. The van der Waals surface area contributed by atoms with Crippen LogP contribution < -0.4 is 30.7 Å². The Labute approximate surface area is 199 Å². The number of aromatic nitrogens is 1. The molecule has 1 heterocycles. The van der Waals surface area contributed by atoms with Gasteiger partial charge in [-0.3, -0.25) is 9.36 Å². The highest BCUT2D eigenvalue weighted by atomic mass is 32.1. The fraction of sp³-hybridized carbons (Fsp3) is 0.364. The van der Waals surface area contributed by atoms with Gasteiger partial charge in [-0.2, -0.15) is 5.26 Å². The van der Waals surface area contributed by atoms with Crippen molar-refractivity contribution in [1.29, 1.82) is 5.26 Å². The second kappa shape index (κ2) is 13.8. The van der Waals surface area contributed by atoms with Crippen LogP contribution in [0.15, 0.2) is 29.1 Å². The maximum Gasteiger partial charge on any atom is 0.351 e. The number of nitrogens with zero attached hydrogens (tertiary/aromatic N) is 2. The van der Waals surface area contributed by atoms with Crippen LogP contribution in [0.25, 0.3) is 11.8 Å². The van der Waals surface area contributed by atoms with Crippen molar-refractivity contribution in [3.8, 4) is 6.07 Å². The highest BCUT2D eigenvalue weighted by molar-refractivity contribution is 7.07. The lowest BCUT2D eigenvalue weighted by molar-refractivity contribution is -0.136. The molecule has 0 spiro atoms. The van der Waals surface area contributed by atoms with E-state index >= 15 is 0 Å². The van der Waals surface area contributed by atoms with Gasteiger partial charge < -0.3 is 30.5 Å². The molecular weight excluding hydrogens is 462 g/mol. The molecule has 0 aliphatic carbocycles. The molecule has 2 aromatic rings. The van der Waals surface area contributed by atoms with Crippen molar-refractivity contribution >= 4 is 46.5 Å². The molecule has 0 atom stereocenters. The molecule has 0 saturated carbocycles. The Morgan fingerprint density at radius 2 is 1.91 bits per heavy atom. The average Bonchev–Trinajstić information content (AvgIpc) is 3.14. The number of ether oxygens (including phenoxy) is 2. The lowest BCUT2D eigenvalue weighted by Crippen LogP contribution is -2.32. The number of nitriles is 1. The molecule has 12 heteroatoms. The summed E-state index contributed by atoms with van der Waals surface area (Å²) in [6.07, 6.45) is 1.50. The van der Waals surface area contributed by atoms with E-state index in [4.69, 9.17) is 14.6 Å². The Hall–Kier alpha value is -3.66. The number of aliphatic hydroxyl groups is 1. The molecule has 0 unspecified atom stereocenters. The van der Waals surface area contributed by atoms with Crippen LogP contribution in [0.2, 0.25) is 0 Å². The zero-order chi connectivity index (χ0) is 24.9. The Morgan fingerprint density at radius 1 is 1.21 bits per heavy atom. The molecule has 4 N–H and O–H groups in total. The summed E-state index contributed by atoms with van der Waals surface area (Å²) in [4.78, 5) is 36.7. The van der Waals surface area contributed by atoms with E-state index in [1.54, 1.807) is 38.1 Å². The highest BCUT2D eigenvalue weighted by Gasteiger charge is 2.16. The molecule has 0 saturated heterocycles. The molecule has 2 amide bonds. The standard InChI is InChI=1S/C22H27N5O6S/c1-3-27-19(29)18(34-20(27)17(13-23)21(30)33-4-2)14-25-15-5-7-16(8-6-15)26-22(31)24-9-11-32-12-10-28/h5-8,14,25,28H,3-4,9-12H2,1-2H3,(H2,24,26,31)/b18-14+,20-17+. The summed E-state index contributed by atoms with van der Waals surface area (Å²) in [5.74, 6) is -0.766. The molecule has 2 rings (SSSR count). The van der Waals surface area contributed by atoms with Crippen LogP contribution in [-0.2, 0) is 20.8 Å². The number of benzene rings is 1. The summed E-state index contributed by atoms with van der Waals surface area (Å²) in [6.45, 7) is 4.55. The number of rotatable bonds is 11. The van der Waals surface area contributed by atoms with E-state index in [2.05, 4.69) is 16.0 Å². The van der Waals surface area contributed by atoms with Crippen LogP contribution in [0, 0.1) is 11.3 Å². The number of thiazole rings is 1. The summed E-state index contributed by atoms with van der Waals surface area (Å²) < 4.78 is 11.9. The monoisotopic (exact) mass is 489 g/mol. The fourth-order valence-corrected chi connectivity index (χ4v) is 3.83. The van der Waals surface area contributed by atoms with Crippen LogP contribution in [0.4, 0.5) is 16.2 Å². The van der Waals surface area contributed by atoms with Gasteiger partial charge in [0.25, 0.3) is 5.56 Å². The van der Waals surface area contributed by atoms with E-state index in [-0.39, 0.29) is 35.6 Å². The van der Waals surface area contributed by atoms with Crippen molar-refractivity contribution in [2.24, 2.45) is 0 Å². The maximum absolute atomic E-state index is 12.7. The predicted octanol–water partition coefficient (Wildman–Crippen LogP) is 0.148. The molecule has 0 radical (unpaired) electrons. The van der Waals surface area contributed by atoms with E-state index in [0.717, 1.165) is 11.3 Å². The van der Waals surface area contributed by atoms with Gasteiger partial charge in [0, 0.05) is 30.7 Å². The average molecular weight is 490 g/mol. The SMILES string of the molecule is CCOC(=O)/C(C#N)=c1/s/c(=C/Nc2ccc(NC(=O)NCCOCCO)cc2)c(=O)n1CC. The van der Waals surface area contributed by atoms with Gasteiger partial charge in [-0.15, -0.1) is 11.3 Å². The quantitative estimate of drug-likeness (QED) is 0.257. The molecule has 0 aliphatic heterocycles. The van der Waals surface area contributed by atoms with Gasteiger partial charge in [0.05, 0.1) is 26.4 Å². The molecule has 11 nitrogen and oxygen atoms in total. The highest BCUT2D eigenvalue weighted by Crippen LogP contribution is 2.13. The Kier molecular flexibility index (Phi) is 10.8. The molecule has 1 aromatic carbocycles. The van der Waals surface area contributed by atoms with Gasteiger partial charge in [-0.1, -0.05) is 0 Å². The molecule has 0 bridgehead atoms. The van der Waals surface area contributed by atoms with Crippen LogP contribution >= 0.6 is 11.3 Å². The minimum atomic E-state index is -0.766. The number of hydrogen-bond acceptors (Lipinski definition) is 9. The number of anilines is 2. The Balaban J connectivity index is 2.12. The smallest absolute Gasteiger partial charge is 0.351 e. The third-order valence-corrected chi connectivity index (χ3v) is 5.44. The van der Waals surface area contributed by atoms with Crippen molar-refractivity contribution in [1.82, 2.24) is 9.88 Å². The largest absolute Gasteiger partial charge is 0.462 e. The molecule has 34 heavy (non-hydrogen) atoms. The van der Waals surface area contributed by atoms with Gasteiger partial charge >= 0.3 is 12.0 Å². The number of hydrogen-bond donors (Lipinski definition) is 4. The number of esters is 1. The predicted molar refractivity (Wildman–Crippen MR) is 129 cm³/mol. The first-order valence-electron chi connectivity index (χ1n) is 10.6. The van der Waals surface area contributed by atoms with Gasteiger partial charge in [-0.05, 0) is 38.1 Å². The van der Waals surface area contributed by atoms with Crippen LogP contribution in [-0.4, -0.2) is 54.6 Å². The fourth-order valence-electron chi connectivity index (χ4n) is 2.75. The van der Waals surface area contributed by atoms with Crippen molar-refractivity contribution in [2.45, 2.75) is 20.4 Å². The summed E-state index contributed by atoms with van der Waals surface area (Å²) in [5, 5.41) is 26.3. The van der Waals surface area contributed by atoms with E-state index < -0.39 is 12.0 Å². The molecule has 1 aromatic heterocycles. The third-order valence-electron chi connectivity index (χ3n) is 4.31. The zero-order valence-corrected chi connectivity index (χ0v) is 19.7. The second-order valence-corrected chi connectivity index (χ2v) is 7.64. The topological polar surface area (TPSA) is 155 Å². The van der Waals surface area contributed by atoms with Crippen molar-refractivity contribution in [3.05, 3.63) is 43.8 Å². The number of carbonyl (C=O) groups excluding carboxylic acids is 2.